The maximum absolute atomic E-state index is 12.5. The summed E-state index contributed by atoms with van der Waals surface area (Å²) in [6.07, 6.45) is 0. The van der Waals surface area contributed by atoms with E-state index in [0.29, 0.717) is 28.1 Å². The summed E-state index contributed by atoms with van der Waals surface area (Å²) in [5.41, 5.74) is 1.37. The average molecular weight is 377 g/mol. The number of hydrogen-bond acceptors (Lipinski definition) is 2. The van der Waals surface area contributed by atoms with Crippen LogP contribution < -0.4 is 10.0 Å². The number of carbonyl (C=O) groups excluding carboxylic acids is 1. The van der Waals surface area contributed by atoms with Gasteiger partial charge in [0.25, 0.3) is 0 Å². The van der Waals surface area contributed by atoms with E-state index >= 15 is 0 Å². The number of ether oxygens (including phenoxy) is 1. The Morgan fingerprint density at radius 1 is 1.17 bits per heavy atom. The SMILES string of the molecule is Cc1cc(OCC(C)C)ccc1PC(=O)c1c(Cl)cccc1Cl.[LiH]. The summed E-state index contributed by atoms with van der Waals surface area (Å²) in [7, 11) is -0.0223. The minimum atomic E-state index is -0.0560. The first kappa shape index (κ1) is 21.6. The van der Waals surface area contributed by atoms with E-state index in [1.165, 1.54) is 0 Å². The summed E-state index contributed by atoms with van der Waals surface area (Å²) < 4.78 is 5.71. The van der Waals surface area contributed by atoms with E-state index in [0.717, 1.165) is 16.6 Å². The van der Waals surface area contributed by atoms with Crippen molar-refractivity contribution in [1.82, 2.24) is 0 Å². The number of carbonyl (C=O) groups is 1. The maximum atomic E-state index is 12.5. The molecule has 0 amide bonds. The Bertz CT molecular complexity index is 700. The molecule has 2 rings (SSSR count). The Kier molecular flexibility index (Phi) is 8.86. The van der Waals surface area contributed by atoms with Crippen LogP contribution >= 0.6 is 31.8 Å². The predicted octanol–water partition coefficient (Wildman–Crippen LogP) is 4.83. The summed E-state index contributed by atoms with van der Waals surface area (Å²) >= 11 is 12.2. The molecule has 1 unspecified atom stereocenters. The monoisotopic (exact) mass is 376 g/mol. The van der Waals surface area contributed by atoms with Crippen molar-refractivity contribution in [2.75, 3.05) is 6.61 Å². The first-order valence-electron chi connectivity index (χ1n) is 7.37. The molecule has 0 aliphatic heterocycles. The van der Waals surface area contributed by atoms with Crippen LogP contribution in [0.4, 0.5) is 0 Å². The van der Waals surface area contributed by atoms with Crippen molar-refractivity contribution in [3.8, 4) is 5.75 Å². The molecular formula is C18H20Cl2LiO2P. The molecule has 2 nitrogen and oxygen atoms in total. The molecule has 0 saturated heterocycles. The van der Waals surface area contributed by atoms with Crippen LogP contribution in [0.25, 0.3) is 0 Å². The van der Waals surface area contributed by atoms with Crippen LogP contribution in [0.1, 0.15) is 29.8 Å². The number of aryl methyl sites for hydroxylation is 1. The molecule has 0 radical (unpaired) electrons. The van der Waals surface area contributed by atoms with Crippen molar-refractivity contribution in [2.24, 2.45) is 5.92 Å². The number of hydrogen-bond donors (Lipinski definition) is 0. The van der Waals surface area contributed by atoms with Gasteiger partial charge in [-0.05, 0) is 56.6 Å². The predicted molar refractivity (Wildman–Crippen MR) is 107 cm³/mol. The van der Waals surface area contributed by atoms with Gasteiger partial charge < -0.3 is 4.74 Å². The normalized spacial score (nSPS) is 10.9. The Morgan fingerprint density at radius 3 is 2.33 bits per heavy atom. The molecule has 124 valence electrons. The Labute approximate surface area is 167 Å². The quantitative estimate of drug-likeness (QED) is 0.532. The van der Waals surface area contributed by atoms with Crippen LogP contribution in [0.15, 0.2) is 36.4 Å². The summed E-state index contributed by atoms with van der Waals surface area (Å²) in [5.74, 6) is 1.30. The standard InChI is InChI=1S/C18H19Cl2O2P.Li.H/c1-11(2)10-22-13-7-8-16(12(3)9-13)23-18(21)17-14(19)5-4-6-15(17)20;;/h4-9,11,23H,10H2,1-3H3;;. The van der Waals surface area contributed by atoms with Gasteiger partial charge in [0.2, 0.25) is 0 Å². The van der Waals surface area contributed by atoms with Gasteiger partial charge in [-0.2, -0.15) is 0 Å². The van der Waals surface area contributed by atoms with Crippen molar-refractivity contribution >= 4 is 61.5 Å². The molecule has 0 saturated carbocycles. The van der Waals surface area contributed by atoms with E-state index in [1.807, 2.05) is 25.1 Å². The molecule has 0 aromatic heterocycles. The molecule has 0 aliphatic carbocycles. The molecule has 24 heavy (non-hydrogen) atoms. The van der Waals surface area contributed by atoms with Gasteiger partial charge in [-0.1, -0.05) is 49.2 Å². The Morgan fingerprint density at radius 2 is 1.79 bits per heavy atom. The van der Waals surface area contributed by atoms with Crippen molar-refractivity contribution < 1.29 is 9.53 Å². The topological polar surface area (TPSA) is 26.3 Å². The van der Waals surface area contributed by atoms with Gasteiger partial charge in [0.05, 0.1) is 22.2 Å². The second-order valence-electron chi connectivity index (χ2n) is 5.73. The fourth-order valence-corrected chi connectivity index (χ4v) is 3.83. The van der Waals surface area contributed by atoms with Crippen LogP contribution in [0, 0.1) is 12.8 Å². The summed E-state index contributed by atoms with van der Waals surface area (Å²) in [6.45, 7) is 6.87. The minimum absolute atomic E-state index is 0. The fraction of sp³-hybridized carbons (Fsp3) is 0.278. The van der Waals surface area contributed by atoms with E-state index in [2.05, 4.69) is 13.8 Å². The van der Waals surface area contributed by atoms with Crippen LogP contribution in [0.3, 0.4) is 0 Å². The number of halogens is 2. The van der Waals surface area contributed by atoms with Crippen molar-refractivity contribution in [3.05, 3.63) is 57.6 Å². The zero-order valence-electron chi connectivity index (χ0n) is 13.3. The number of rotatable bonds is 6. The van der Waals surface area contributed by atoms with E-state index < -0.39 is 0 Å². The van der Waals surface area contributed by atoms with Crippen molar-refractivity contribution in [1.29, 1.82) is 0 Å². The third-order valence-electron chi connectivity index (χ3n) is 3.22. The van der Waals surface area contributed by atoms with Crippen LogP contribution in [-0.4, -0.2) is 31.0 Å². The van der Waals surface area contributed by atoms with Gasteiger partial charge >= 0.3 is 18.9 Å². The molecule has 2 aromatic rings. The van der Waals surface area contributed by atoms with Crippen molar-refractivity contribution in [3.63, 3.8) is 0 Å². The van der Waals surface area contributed by atoms with Crippen LogP contribution in [0.5, 0.6) is 5.75 Å². The first-order chi connectivity index (χ1) is 10.9. The second-order valence-corrected chi connectivity index (χ2v) is 7.79. The van der Waals surface area contributed by atoms with E-state index in [4.69, 9.17) is 27.9 Å². The molecule has 0 spiro atoms. The molecular weight excluding hydrogens is 357 g/mol. The molecule has 6 heteroatoms. The summed E-state index contributed by atoms with van der Waals surface area (Å²) in [4.78, 5) is 12.5. The zero-order valence-corrected chi connectivity index (χ0v) is 15.8. The van der Waals surface area contributed by atoms with Crippen LogP contribution in [0.2, 0.25) is 10.0 Å². The van der Waals surface area contributed by atoms with Gasteiger partial charge in [-0.3, -0.25) is 4.79 Å². The first-order valence-corrected chi connectivity index (χ1v) is 9.13. The average Bonchev–Trinajstić information content (AvgIpc) is 2.47. The van der Waals surface area contributed by atoms with Crippen LogP contribution in [-0.2, 0) is 0 Å². The zero-order chi connectivity index (χ0) is 17.0. The third-order valence-corrected chi connectivity index (χ3v) is 5.16. The fourth-order valence-electron chi connectivity index (χ4n) is 2.03. The van der Waals surface area contributed by atoms with E-state index in [-0.39, 0.29) is 33.0 Å². The molecule has 0 heterocycles. The molecule has 0 aliphatic rings. The molecule has 0 bridgehead atoms. The van der Waals surface area contributed by atoms with Gasteiger partial charge in [0.15, 0.2) is 5.52 Å². The van der Waals surface area contributed by atoms with Gasteiger partial charge in [-0.15, -0.1) is 0 Å². The third kappa shape index (κ3) is 5.80. The van der Waals surface area contributed by atoms with Crippen molar-refractivity contribution in [2.45, 2.75) is 20.8 Å². The molecule has 2 aromatic carbocycles. The second kappa shape index (κ2) is 9.86. The summed E-state index contributed by atoms with van der Waals surface area (Å²) in [6, 6.07) is 10.9. The molecule has 1 atom stereocenters. The molecule has 0 N–H and O–H groups in total. The van der Waals surface area contributed by atoms with E-state index in [9.17, 15) is 4.79 Å². The van der Waals surface area contributed by atoms with E-state index in [1.54, 1.807) is 18.2 Å². The number of benzene rings is 2. The summed E-state index contributed by atoms with van der Waals surface area (Å²) in [5, 5.41) is 1.76. The van der Waals surface area contributed by atoms with Gasteiger partial charge in [-0.25, -0.2) is 0 Å². The molecule has 0 fully saturated rings. The Balaban J connectivity index is 0.00000288. The Hall–Kier alpha value is -0.483. The van der Waals surface area contributed by atoms with Gasteiger partial charge in [0, 0.05) is 0 Å². The van der Waals surface area contributed by atoms with Gasteiger partial charge in [0.1, 0.15) is 5.75 Å².